The number of nitrogens with zero attached hydrogens (tertiary/aromatic N) is 1. The van der Waals surface area contributed by atoms with Crippen molar-refractivity contribution in [3.63, 3.8) is 0 Å². The predicted molar refractivity (Wildman–Crippen MR) is 74.3 cm³/mol. The third-order valence-corrected chi connectivity index (χ3v) is 4.28. The van der Waals surface area contributed by atoms with E-state index < -0.39 is 0 Å². The highest BCUT2D eigenvalue weighted by Crippen LogP contribution is 2.32. The van der Waals surface area contributed by atoms with Crippen LogP contribution in [0, 0.1) is 5.92 Å². The highest BCUT2D eigenvalue weighted by molar-refractivity contribution is 5.88. The van der Waals surface area contributed by atoms with Crippen LogP contribution in [0.4, 0.5) is 0 Å². The van der Waals surface area contributed by atoms with Crippen molar-refractivity contribution in [1.29, 1.82) is 0 Å². The first-order chi connectivity index (χ1) is 9.70. The van der Waals surface area contributed by atoms with E-state index in [1.165, 1.54) is 0 Å². The van der Waals surface area contributed by atoms with Gasteiger partial charge in [0.1, 0.15) is 11.3 Å². The molecule has 102 valence electrons. The van der Waals surface area contributed by atoms with E-state index in [2.05, 4.69) is 12.2 Å². The van der Waals surface area contributed by atoms with Crippen LogP contribution in [-0.2, 0) is 11.2 Å². The van der Waals surface area contributed by atoms with Gasteiger partial charge in [-0.25, -0.2) is 0 Å². The third kappa shape index (κ3) is 1.72. The van der Waals surface area contributed by atoms with Gasteiger partial charge in [0.2, 0.25) is 5.91 Å². The van der Waals surface area contributed by atoms with E-state index in [0.29, 0.717) is 17.9 Å². The number of fused-ring (bicyclic) bond motifs is 3. The molecule has 2 bridgehead atoms. The molecule has 1 saturated heterocycles. The third-order valence-electron chi connectivity index (χ3n) is 4.28. The number of carbonyl (C=O) groups is 1. The normalized spacial score (nSPS) is 23.9. The first-order valence-electron chi connectivity index (χ1n) is 6.87. The van der Waals surface area contributed by atoms with Gasteiger partial charge in [-0.15, -0.1) is 0 Å². The first kappa shape index (κ1) is 11.6. The summed E-state index contributed by atoms with van der Waals surface area (Å²) in [5.74, 6) is 0.859. The molecule has 2 heterocycles. The number of phenols is 1. The molecule has 0 spiro atoms. The molecule has 1 aromatic heterocycles. The van der Waals surface area contributed by atoms with Crippen LogP contribution in [0.15, 0.2) is 41.0 Å². The molecule has 1 fully saturated rings. The maximum absolute atomic E-state index is 12.4. The molecule has 1 aromatic carbocycles. The standard InChI is InChI=1S/C16H15NO3/c18-13-3-4-15-14(7-13)11(9-20-15)6-16(19)17-8-10-1-2-12(17)5-10/h1-4,7,9-10,12,18H,5-6,8H2/t10-,12+/m0/s1. The van der Waals surface area contributed by atoms with Crippen molar-refractivity contribution in [2.24, 2.45) is 5.92 Å². The Morgan fingerprint density at radius 2 is 2.30 bits per heavy atom. The molecule has 0 radical (unpaired) electrons. The number of hydrogen-bond acceptors (Lipinski definition) is 3. The summed E-state index contributed by atoms with van der Waals surface area (Å²) in [6, 6.07) is 5.23. The molecule has 2 aliphatic rings. The van der Waals surface area contributed by atoms with Crippen LogP contribution >= 0.6 is 0 Å². The summed E-state index contributed by atoms with van der Waals surface area (Å²) in [5, 5.41) is 10.4. The van der Waals surface area contributed by atoms with Crippen LogP contribution < -0.4 is 0 Å². The van der Waals surface area contributed by atoms with Crippen molar-refractivity contribution in [3.05, 3.63) is 42.2 Å². The van der Waals surface area contributed by atoms with Gasteiger partial charge in [0.15, 0.2) is 0 Å². The maximum Gasteiger partial charge on any atom is 0.227 e. The Morgan fingerprint density at radius 1 is 1.40 bits per heavy atom. The zero-order chi connectivity index (χ0) is 13.7. The number of hydrogen-bond donors (Lipinski definition) is 1. The molecule has 4 nitrogen and oxygen atoms in total. The van der Waals surface area contributed by atoms with Gasteiger partial charge in [0.05, 0.1) is 18.7 Å². The summed E-state index contributed by atoms with van der Waals surface area (Å²) in [5.41, 5.74) is 1.54. The summed E-state index contributed by atoms with van der Waals surface area (Å²) in [6.07, 6.45) is 7.35. The lowest BCUT2D eigenvalue weighted by Gasteiger charge is -2.23. The molecule has 20 heavy (non-hydrogen) atoms. The van der Waals surface area contributed by atoms with E-state index in [0.717, 1.165) is 23.9 Å². The minimum absolute atomic E-state index is 0.132. The quantitative estimate of drug-likeness (QED) is 0.852. The van der Waals surface area contributed by atoms with Gasteiger partial charge >= 0.3 is 0 Å². The molecule has 1 aliphatic heterocycles. The van der Waals surface area contributed by atoms with Crippen molar-refractivity contribution >= 4 is 16.9 Å². The Labute approximate surface area is 116 Å². The fourth-order valence-corrected chi connectivity index (χ4v) is 3.27. The SMILES string of the molecule is O=C(Cc1coc2ccc(O)cc12)N1C[C@H]2C=C[C@@H]1C2. The van der Waals surface area contributed by atoms with Gasteiger partial charge in [-0.2, -0.15) is 0 Å². The Bertz CT molecular complexity index is 716. The summed E-state index contributed by atoms with van der Waals surface area (Å²) in [6.45, 7) is 0.834. The summed E-state index contributed by atoms with van der Waals surface area (Å²) >= 11 is 0. The highest BCUT2D eigenvalue weighted by Gasteiger charge is 2.36. The molecular weight excluding hydrogens is 254 g/mol. The number of benzene rings is 1. The zero-order valence-corrected chi connectivity index (χ0v) is 11.0. The fourth-order valence-electron chi connectivity index (χ4n) is 3.27. The van der Waals surface area contributed by atoms with Crippen LogP contribution in [0.2, 0.25) is 0 Å². The van der Waals surface area contributed by atoms with Gasteiger partial charge in [-0.3, -0.25) is 4.79 Å². The Balaban J connectivity index is 1.60. The Morgan fingerprint density at radius 3 is 3.05 bits per heavy atom. The lowest BCUT2D eigenvalue weighted by molar-refractivity contribution is -0.130. The minimum atomic E-state index is 0.132. The van der Waals surface area contributed by atoms with Gasteiger partial charge in [0.25, 0.3) is 0 Å². The number of phenolic OH excluding ortho intramolecular Hbond substituents is 1. The Kier molecular flexibility index (Phi) is 2.39. The Hall–Kier alpha value is -2.23. The van der Waals surface area contributed by atoms with Crippen molar-refractivity contribution in [1.82, 2.24) is 4.90 Å². The van der Waals surface area contributed by atoms with E-state index in [1.54, 1.807) is 24.5 Å². The van der Waals surface area contributed by atoms with Crippen LogP contribution in [0.5, 0.6) is 5.75 Å². The average Bonchev–Trinajstić information content (AvgIpc) is 3.14. The molecule has 4 heteroatoms. The van der Waals surface area contributed by atoms with Crippen molar-refractivity contribution in [2.45, 2.75) is 18.9 Å². The number of carbonyl (C=O) groups excluding carboxylic acids is 1. The smallest absolute Gasteiger partial charge is 0.227 e. The molecule has 0 saturated carbocycles. The second-order valence-corrected chi connectivity index (χ2v) is 5.61. The average molecular weight is 269 g/mol. The van der Waals surface area contributed by atoms with E-state index in [1.807, 2.05) is 4.90 Å². The first-order valence-corrected chi connectivity index (χ1v) is 6.87. The van der Waals surface area contributed by atoms with E-state index in [4.69, 9.17) is 4.42 Å². The lowest BCUT2D eigenvalue weighted by atomic mass is 10.1. The predicted octanol–water partition coefficient (Wildman–Crippen LogP) is 2.47. The van der Waals surface area contributed by atoms with Crippen molar-refractivity contribution in [2.75, 3.05) is 6.54 Å². The fraction of sp³-hybridized carbons (Fsp3) is 0.312. The number of amides is 1. The van der Waals surface area contributed by atoms with Gasteiger partial charge < -0.3 is 14.4 Å². The van der Waals surface area contributed by atoms with Crippen molar-refractivity contribution < 1.29 is 14.3 Å². The van der Waals surface area contributed by atoms with Crippen LogP contribution in [0.1, 0.15) is 12.0 Å². The number of furan rings is 1. The largest absolute Gasteiger partial charge is 0.508 e. The molecular formula is C16H15NO3. The summed E-state index contributed by atoms with van der Waals surface area (Å²) < 4.78 is 5.43. The minimum Gasteiger partial charge on any atom is -0.508 e. The number of rotatable bonds is 2. The molecule has 0 unspecified atom stereocenters. The second kappa shape index (κ2) is 4.13. The van der Waals surface area contributed by atoms with Crippen LogP contribution in [0.25, 0.3) is 11.0 Å². The van der Waals surface area contributed by atoms with Crippen LogP contribution in [-0.4, -0.2) is 28.5 Å². The van der Waals surface area contributed by atoms with Crippen molar-refractivity contribution in [3.8, 4) is 5.75 Å². The topological polar surface area (TPSA) is 53.7 Å². The van der Waals surface area contributed by atoms with Gasteiger partial charge in [-0.05, 0) is 30.5 Å². The second-order valence-electron chi connectivity index (χ2n) is 5.61. The monoisotopic (exact) mass is 269 g/mol. The van der Waals surface area contributed by atoms with Crippen LogP contribution in [0.3, 0.4) is 0 Å². The van der Waals surface area contributed by atoms with Gasteiger partial charge in [-0.1, -0.05) is 12.2 Å². The number of aromatic hydroxyl groups is 1. The number of likely N-dealkylation sites (tertiary alicyclic amines) is 1. The van der Waals surface area contributed by atoms with E-state index >= 15 is 0 Å². The molecule has 4 rings (SSSR count). The molecule has 1 amide bonds. The highest BCUT2D eigenvalue weighted by atomic mass is 16.3. The van der Waals surface area contributed by atoms with E-state index in [-0.39, 0.29) is 17.7 Å². The molecule has 2 aromatic rings. The zero-order valence-electron chi connectivity index (χ0n) is 11.0. The lowest BCUT2D eigenvalue weighted by Crippen LogP contribution is -2.36. The molecule has 2 atom stereocenters. The molecule has 1 N–H and O–H groups in total. The molecule has 1 aliphatic carbocycles. The maximum atomic E-state index is 12.4. The summed E-state index contributed by atoms with van der Waals surface area (Å²) in [7, 11) is 0. The summed E-state index contributed by atoms with van der Waals surface area (Å²) in [4.78, 5) is 14.4. The van der Waals surface area contributed by atoms with Gasteiger partial charge in [0, 0.05) is 17.5 Å². The van der Waals surface area contributed by atoms with E-state index in [9.17, 15) is 9.90 Å².